The van der Waals surface area contributed by atoms with Gasteiger partial charge in [0.15, 0.2) is 0 Å². The Morgan fingerprint density at radius 1 is 0.775 bits per heavy atom. The van der Waals surface area contributed by atoms with Gasteiger partial charge in [0, 0.05) is 12.6 Å². The first-order valence-electron chi connectivity index (χ1n) is 18.1. The highest BCUT2D eigenvalue weighted by molar-refractivity contribution is 5.26. The van der Waals surface area contributed by atoms with Crippen molar-refractivity contribution >= 4 is 0 Å². The SMILES string of the molecule is CC.CCCCCCCCC1CCC2C3CCC4=CC(NCCCNCCCCNN)CCC4(C)C3CCC12C. The van der Waals surface area contributed by atoms with Crippen LogP contribution in [-0.4, -0.2) is 32.2 Å². The van der Waals surface area contributed by atoms with Crippen molar-refractivity contribution in [1.82, 2.24) is 16.1 Å². The number of nitrogens with two attached hydrogens (primary N) is 1. The van der Waals surface area contributed by atoms with Crippen LogP contribution in [0, 0.1) is 34.5 Å². The zero-order valence-electron chi connectivity index (χ0n) is 27.6. The summed E-state index contributed by atoms with van der Waals surface area (Å²) in [5.41, 5.74) is 5.70. The standard InChI is InChI=1S/C34H64N4.C2H6/c1-4-5-6-7-8-9-13-27-15-17-31-30-16-14-28-26-29(37-24-12-23-36-22-10-11-25-38-35)18-20-34(28,3)32(30)19-21-33(27,31)2;1-2/h26-27,29-32,36-38H,4-25,35H2,1-3H3;1-2H3. The summed E-state index contributed by atoms with van der Waals surface area (Å²) in [6.07, 6.45) is 28.2. The molecule has 4 aliphatic rings. The third-order valence-electron chi connectivity index (χ3n) is 12.1. The molecule has 3 saturated carbocycles. The van der Waals surface area contributed by atoms with Crippen molar-refractivity contribution in [2.75, 3.05) is 26.2 Å². The first-order chi connectivity index (χ1) is 19.5. The summed E-state index contributed by atoms with van der Waals surface area (Å²) in [5.74, 6) is 9.32. The van der Waals surface area contributed by atoms with E-state index in [9.17, 15) is 0 Å². The fourth-order valence-corrected chi connectivity index (χ4v) is 9.75. The molecular formula is C36H70N4. The highest BCUT2D eigenvalue weighted by atomic mass is 15.2. The van der Waals surface area contributed by atoms with Crippen molar-refractivity contribution in [3.8, 4) is 0 Å². The van der Waals surface area contributed by atoms with E-state index in [-0.39, 0.29) is 0 Å². The second-order valence-electron chi connectivity index (χ2n) is 14.3. The smallest absolute Gasteiger partial charge is 0.0253 e. The number of nitrogens with one attached hydrogen (secondary N) is 3. The maximum atomic E-state index is 5.34. The monoisotopic (exact) mass is 559 g/mol. The van der Waals surface area contributed by atoms with Crippen LogP contribution in [0.1, 0.15) is 150 Å². The van der Waals surface area contributed by atoms with Crippen molar-refractivity contribution in [3.05, 3.63) is 11.6 Å². The van der Waals surface area contributed by atoms with Gasteiger partial charge in [-0.25, -0.2) is 0 Å². The molecule has 3 fully saturated rings. The largest absolute Gasteiger partial charge is 0.317 e. The molecule has 4 nitrogen and oxygen atoms in total. The van der Waals surface area contributed by atoms with E-state index in [0.717, 1.165) is 56.3 Å². The minimum atomic E-state index is 0.486. The molecule has 0 amide bonds. The lowest BCUT2D eigenvalue weighted by Crippen LogP contribution is -2.51. The summed E-state index contributed by atoms with van der Waals surface area (Å²) >= 11 is 0. The maximum absolute atomic E-state index is 5.34. The van der Waals surface area contributed by atoms with Crippen LogP contribution in [0.25, 0.3) is 0 Å². The van der Waals surface area contributed by atoms with Crippen molar-refractivity contribution in [2.24, 2.45) is 40.3 Å². The summed E-state index contributed by atoms with van der Waals surface area (Å²) in [6.45, 7) is 16.0. The van der Waals surface area contributed by atoms with E-state index in [1.165, 1.54) is 109 Å². The van der Waals surface area contributed by atoms with Crippen LogP contribution in [0.3, 0.4) is 0 Å². The van der Waals surface area contributed by atoms with Crippen LogP contribution < -0.4 is 21.9 Å². The quantitative estimate of drug-likeness (QED) is 0.0625. The summed E-state index contributed by atoms with van der Waals surface area (Å²) in [6, 6.07) is 0.604. The fraction of sp³-hybridized carbons (Fsp3) is 0.944. The van der Waals surface area contributed by atoms with Gasteiger partial charge in [-0.05, 0) is 131 Å². The molecule has 0 aromatic carbocycles. The Bertz CT molecular complexity index is 722. The molecule has 0 saturated heterocycles. The lowest BCUT2D eigenvalue weighted by molar-refractivity contribution is -0.0532. The topological polar surface area (TPSA) is 62.1 Å². The van der Waals surface area contributed by atoms with Gasteiger partial charge >= 0.3 is 0 Å². The normalized spacial score (nSPS) is 34.8. The van der Waals surface area contributed by atoms with Crippen LogP contribution in [-0.2, 0) is 0 Å². The second kappa shape index (κ2) is 17.6. The first kappa shape index (κ1) is 34.1. The number of allylic oxidation sites excluding steroid dienone is 1. The molecule has 4 heteroatoms. The molecule has 40 heavy (non-hydrogen) atoms. The van der Waals surface area contributed by atoms with E-state index in [0.29, 0.717) is 16.9 Å². The molecule has 0 bridgehead atoms. The Kier molecular flexibility index (Phi) is 15.0. The Balaban J connectivity index is 0.00000216. The van der Waals surface area contributed by atoms with Gasteiger partial charge in [-0.1, -0.05) is 84.8 Å². The van der Waals surface area contributed by atoms with Crippen LogP contribution in [0.4, 0.5) is 0 Å². The lowest BCUT2D eigenvalue weighted by Gasteiger charge is -2.58. The molecule has 4 aliphatic carbocycles. The highest BCUT2D eigenvalue weighted by Gasteiger charge is 2.58. The third-order valence-corrected chi connectivity index (χ3v) is 12.1. The molecule has 7 atom stereocenters. The van der Waals surface area contributed by atoms with Gasteiger partial charge < -0.3 is 10.6 Å². The molecule has 0 aliphatic heterocycles. The molecule has 0 aromatic rings. The van der Waals surface area contributed by atoms with Gasteiger partial charge in [0.1, 0.15) is 0 Å². The summed E-state index contributed by atoms with van der Waals surface area (Å²) < 4.78 is 0. The van der Waals surface area contributed by atoms with Crippen LogP contribution in [0.5, 0.6) is 0 Å². The Morgan fingerprint density at radius 3 is 2.33 bits per heavy atom. The van der Waals surface area contributed by atoms with Gasteiger partial charge in [0.05, 0.1) is 0 Å². The van der Waals surface area contributed by atoms with E-state index in [4.69, 9.17) is 5.84 Å². The molecule has 0 radical (unpaired) electrons. The zero-order valence-corrected chi connectivity index (χ0v) is 27.6. The fourth-order valence-electron chi connectivity index (χ4n) is 9.75. The number of hydrogen-bond acceptors (Lipinski definition) is 4. The molecular weight excluding hydrogens is 488 g/mol. The maximum Gasteiger partial charge on any atom is 0.0253 e. The number of rotatable bonds is 17. The predicted molar refractivity (Wildman–Crippen MR) is 175 cm³/mol. The predicted octanol–water partition coefficient (Wildman–Crippen LogP) is 8.52. The van der Waals surface area contributed by atoms with Gasteiger partial charge in [0.25, 0.3) is 0 Å². The van der Waals surface area contributed by atoms with E-state index in [2.05, 4.69) is 42.9 Å². The number of unbranched alkanes of at least 4 members (excludes halogenated alkanes) is 6. The lowest BCUT2D eigenvalue weighted by atomic mass is 9.46. The van der Waals surface area contributed by atoms with Gasteiger partial charge in [0.2, 0.25) is 0 Å². The Hall–Kier alpha value is -0.420. The van der Waals surface area contributed by atoms with E-state index in [1.54, 1.807) is 0 Å². The van der Waals surface area contributed by atoms with Crippen LogP contribution >= 0.6 is 0 Å². The molecule has 0 heterocycles. The summed E-state index contributed by atoms with van der Waals surface area (Å²) in [7, 11) is 0. The number of fused-ring (bicyclic) bond motifs is 5. The molecule has 5 N–H and O–H groups in total. The zero-order chi connectivity index (χ0) is 28.8. The number of hydrogen-bond donors (Lipinski definition) is 4. The van der Waals surface area contributed by atoms with E-state index < -0.39 is 0 Å². The third kappa shape index (κ3) is 8.57. The van der Waals surface area contributed by atoms with Crippen molar-refractivity contribution in [1.29, 1.82) is 0 Å². The molecule has 4 rings (SSSR count). The highest BCUT2D eigenvalue weighted by Crippen LogP contribution is 2.67. The average Bonchev–Trinajstić information content (AvgIpc) is 3.31. The van der Waals surface area contributed by atoms with Gasteiger partial charge in [-0.2, -0.15) is 0 Å². The molecule has 234 valence electrons. The van der Waals surface area contributed by atoms with Crippen LogP contribution in [0.2, 0.25) is 0 Å². The summed E-state index contributed by atoms with van der Waals surface area (Å²) in [5, 5.41) is 7.48. The Labute approximate surface area is 250 Å². The molecule has 0 aromatic heterocycles. The van der Waals surface area contributed by atoms with E-state index in [1.807, 2.05) is 19.4 Å². The molecule has 7 unspecified atom stereocenters. The second-order valence-corrected chi connectivity index (χ2v) is 14.3. The van der Waals surface area contributed by atoms with Crippen molar-refractivity contribution in [3.63, 3.8) is 0 Å². The minimum absolute atomic E-state index is 0.486. The Morgan fingerprint density at radius 2 is 1.52 bits per heavy atom. The summed E-state index contributed by atoms with van der Waals surface area (Å²) in [4.78, 5) is 0. The minimum Gasteiger partial charge on any atom is -0.317 e. The number of hydrazine groups is 1. The van der Waals surface area contributed by atoms with Gasteiger partial charge in [-0.15, -0.1) is 0 Å². The van der Waals surface area contributed by atoms with E-state index >= 15 is 0 Å². The van der Waals surface area contributed by atoms with Crippen LogP contribution in [0.15, 0.2) is 11.6 Å². The average molecular weight is 559 g/mol. The first-order valence-corrected chi connectivity index (χ1v) is 18.1. The van der Waals surface area contributed by atoms with Crippen molar-refractivity contribution in [2.45, 2.75) is 156 Å². The van der Waals surface area contributed by atoms with Crippen molar-refractivity contribution < 1.29 is 0 Å². The van der Waals surface area contributed by atoms with Gasteiger partial charge in [-0.3, -0.25) is 11.3 Å². The molecule has 0 spiro atoms.